The highest BCUT2D eigenvalue weighted by Crippen LogP contribution is 2.24. The zero-order valence-electron chi connectivity index (χ0n) is 12.5. The summed E-state index contributed by atoms with van der Waals surface area (Å²) in [5.74, 6) is 0.383. The van der Waals surface area contributed by atoms with Crippen molar-refractivity contribution in [2.75, 3.05) is 13.1 Å². The number of hydrogen-bond donors (Lipinski definition) is 2. The van der Waals surface area contributed by atoms with Crippen LogP contribution in [0.2, 0.25) is 0 Å². The summed E-state index contributed by atoms with van der Waals surface area (Å²) >= 11 is 0. The molecule has 0 aliphatic heterocycles. The fourth-order valence-electron chi connectivity index (χ4n) is 3.19. The van der Waals surface area contributed by atoms with Crippen LogP contribution in [0, 0.1) is 0 Å². The first-order valence-electron chi connectivity index (χ1n) is 7.86. The average Bonchev–Trinajstić information content (AvgIpc) is 2.45. The summed E-state index contributed by atoms with van der Waals surface area (Å²) in [6, 6.07) is 8.15. The summed E-state index contributed by atoms with van der Waals surface area (Å²) in [5.41, 5.74) is 0.999. The summed E-state index contributed by atoms with van der Waals surface area (Å²) in [7, 11) is 0. The Kier molecular flexibility index (Phi) is 5.86. The van der Waals surface area contributed by atoms with Gasteiger partial charge in [-0.2, -0.15) is 0 Å². The van der Waals surface area contributed by atoms with Crippen molar-refractivity contribution >= 4 is 0 Å². The number of nitrogens with zero attached hydrogens (tertiary/aromatic N) is 1. The van der Waals surface area contributed by atoms with Gasteiger partial charge in [-0.1, -0.05) is 37.5 Å². The van der Waals surface area contributed by atoms with Gasteiger partial charge in [-0.05, 0) is 37.8 Å². The van der Waals surface area contributed by atoms with E-state index in [4.69, 9.17) is 0 Å². The standard InChI is InChI=1S/C17H27NO2/c1-14(19)13-18(16-8-3-2-4-9-16)12-11-15-7-5-6-10-17(15)20/h5-7,10,14,16,19-20H,2-4,8-9,11-13H2,1H3. The molecule has 1 saturated carbocycles. The molecule has 1 aliphatic carbocycles. The lowest BCUT2D eigenvalue weighted by atomic mass is 9.93. The van der Waals surface area contributed by atoms with Crippen molar-refractivity contribution in [3.8, 4) is 5.75 Å². The van der Waals surface area contributed by atoms with Gasteiger partial charge in [0.25, 0.3) is 0 Å². The molecular formula is C17H27NO2. The van der Waals surface area contributed by atoms with Crippen molar-refractivity contribution in [2.24, 2.45) is 0 Å². The van der Waals surface area contributed by atoms with Crippen molar-refractivity contribution in [1.29, 1.82) is 0 Å². The monoisotopic (exact) mass is 277 g/mol. The third-order valence-electron chi connectivity index (χ3n) is 4.25. The molecule has 0 amide bonds. The van der Waals surface area contributed by atoms with Gasteiger partial charge in [-0.25, -0.2) is 0 Å². The molecule has 0 bridgehead atoms. The van der Waals surface area contributed by atoms with Crippen LogP contribution < -0.4 is 0 Å². The Morgan fingerprint density at radius 1 is 1.20 bits per heavy atom. The normalized spacial score (nSPS) is 18.4. The van der Waals surface area contributed by atoms with E-state index in [1.54, 1.807) is 6.07 Å². The molecule has 112 valence electrons. The third kappa shape index (κ3) is 4.50. The maximum atomic E-state index is 9.85. The van der Waals surface area contributed by atoms with Crippen LogP contribution in [-0.4, -0.2) is 40.3 Å². The highest BCUT2D eigenvalue weighted by molar-refractivity contribution is 5.31. The first-order valence-corrected chi connectivity index (χ1v) is 7.86. The molecule has 0 heterocycles. The van der Waals surface area contributed by atoms with Crippen molar-refractivity contribution in [3.05, 3.63) is 29.8 Å². The molecule has 2 N–H and O–H groups in total. The minimum atomic E-state index is -0.290. The van der Waals surface area contributed by atoms with E-state index >= 15 is 0 Å². The third-order valence-corrected chi connectivity index (χ3v) is 4.25. The zero-order chi connectivity index (χ0) is 14.4. The predicted octanol–water partition coefficient (Wildman–Crippen LogP) is 2.95. The maximum absolute atomic E-state index is 9.85. The lowest BCUT2D eigenvalue weighted by Gasteiger charge is -2.35. The maximum Gasteiger partial charge on any atom is 0.118 e. The van der Waals surface area contributed by atoms with E-state index in [2.05, 4.69) is 4.90 Å². The van der Waals surface area contributed by atoms with E-state index in [0.29, 0.717) is 11.8 Å². The second-order valence-corrected chi connectivity index (χ2v) is 6.01. The van der Waals surface area contributed by atoms with E-state index in [1.165, 1.54) is 32.1 Å². The van der Waals surface area contributed by atoms with Gasteiger partial charge in [-0.3, -0.25) is 4.90 Å². The molecule has 3 heteroatoms. The van der Waals surface area contributed by atoms with E-state index in [0.717, 1.165) is 25.1 Å². The van der Waals surface area contributed by atoms with Crippen LogP contribution in [0.4, 0.5) is 0 Å². The van der Waals surface area contributed by atoms with Gasteiger partial charge in [-0.15, -0.1) is 0 Å². The molecular weight excluding hydrogens is 250 g/mol. The predicted molar refractivity (Wildman–Crippen MR) is 81.9 cm³/mol. The van der Waals surface area contributed by atoms with E-state index in [1.807, 2.05) is 25.1 Å². The number of hydrogen-bond acceptors (Lipinski definition) is 3. The number of para-hydroxylation sites is 1. The molecule has 1 unspecified atom stereocenters. The molecule has 1 aromatic rings. The van der Waals surface area contributed by atoms with Gasteiger partial charge in [0.15, 0.2) is 0 Å². The van der Waals surface area contributed by atoms with Crippen LogP contribution in [0.25, 0.3) is 0 Å². The largest absolute Gasteiger partial charge is 0.508 e. The Morgan fingerprint density at radius 2 is 1.90 bits per heavy atom. The molecule has 20 heavy (non-hydrogen) atoms. The summed E-state index contributed by atoms with van der Waals surface area (Å²) in [6.45, 7) is 3.50. The molecule has 1 aromatic carbocycles. The van der Waals surface area contributed by atoms with Crippen molar-refractivity contribution in [1.82, 2.24) is 4.90 Å². The van der Waals surface area contributed by atoms with Gasteiger partial charge in [0.05, 0.1) is 6.10 Å². The highest BCUT2D eigenvalue weighted by Gasteiger charge is 2.22. The Labute approximate surface area is 122 Å². The first-order chi connectivity index (χ1) is 9.66. The SMILES string of the molecule is CC(O)CN(CCc1ccccc1O)C1CCCCC1. The Morgan fingerprint density at radius 3 is 2.55 bits per heavy atom. The Bertz CT molecular complexity index is 400. The van der Waals surface area contributed by atoms with Crippen LogP contribution >= 0.6 is 0 Å². The van der Waals surface area contributed by atoms with Gasteiger partial charge in [0, 0.05) is 19.1 Å². The topological polar surface area (TPSA) is 43.7 Å². The van der Waals surface area contributed by atoms with E-state index < -0.39 is 0 Å². The lowest BCUT2D eigenvalue weighted by molar-refractivity contribution is 0.0832. The number of rotatable bonds is 6. The number of benzene rings is 1. The Hall–Kier alpha value is -1.06. The second kappa shape index (κ2) is 7.65. The van der Waals surface area contributed by atoms with E-state index in [-0.39, 0.29) is 6.10 Å². The lowest BCUT2D eigenvalue weighted by Crippen LogP contribution is -2.42. The summed E-state index contributed by atoms with van der Waals surface area (Å²) in [5, 5.41) is 19.6. The van der Waals surface area contributed by atoms with Crippen LogP contribution in [-0.2, 0) is 6.42 Å². The molecule has 3 nitrogen and oxygen atoms in total. The number of aliphatic hydroxyl groups is 1. The summed E-state index contributed by atoms with van der Waals surface area (Å²) in [6.07, 6.45) is 6.99. The fourth-order valence-corrected chi connectivity index (χ4v) is 3.19. The zero-order valence-corrected chi connectivity index (χ0v) is 12.5. The molecule has 0 saturated heterocycles. The molecule has 0 radical (unpaired) electrons. The van der Waals surface area contributed by atoms with Crippen molar-refractivity contribution in [2.45, 2.75) is 57.6 Å². The smallest absolute Gasteiger partial charge is 0.118 e. The van der Waals surface area contributed by atoms with E-state index in [9.17, 15) is 10.2 Å². The number of aliphatic hydroxyl groups excluding tert-OH is 1. The quantitative estimate of drug-likeness (QED) is 0.840. The van der Waals surface area contributed by atoms with Gasteiger partial charge in [0.1, 0.15) is 5.75 Å². The molecule has 0 spiro atoms. The average molecular weight is 277 g/mol. The van der Waals surface area contributed by atoms with Crippen LogP contribution in [0.15, 0.2) is 24.3 Å². The summed E-state index contributed by atoms with van der Waals surface area (Å²) in [4.78, 5) is 2.41. The minimum Gasteiger partial charge on any atom is -0.508 e. The van der Waals surface area contributed by atoms with Crippen molar-refractivity contribution < 1.29 is 10.2 Å². The molecule has 0 aromatic heterocycles. The number of aromatic hydroxyl groups is 1. The fraction of sp³-hybridized carbons (Fsp3) is 0.647. The molecule has 1 atom stereocenters. The van der Waals surface area contributed by atoms with Gasteiger partial charge >= 0.3 is 0 Å². The number of phenolic OH excluding ortho intramolecular Hbond substituents is 1. The highest BCUT2D eigenvalue weighted by atomic mass is 16.3. The van der Waals surface area contributed by atoms with Gasteiger partial charge in [0.2, 0.25) is 0 Å². The Balaban J connectivity index is 1.94. The molecule has 1 aliphatic rings. The van der Waals surface area contributed by atoms with Crippen LogP contribution in [0.3, 0.4) is 0 Å². The van der Waals surface area contributed by atoms with Crippen LogP contribution in [0.1, 0.15) is 44.6 Å². The molecule has 1 fully saturated rings. The number of phenols is 1. The van der Waals surface area contributed by atoms with Crippen molar-refractivity contribution in [3.63, 3.8) is 0 Å². The van der Waals surface area contributed by atoms with Crippen LogP contribution in [0.5, 0.6) is 5.75 Å². The minimum absolute atomic E-state index is 0.290. The second-order valence-electron chi connectivity index (χ2n) is 6.01. The molecule has 2 rings (SSSR count). The van der Waals surface area contributed by atoms with Gasteiger partial charge < -0.3 is 10.2 Å². The first kappa shape index (κ1) is 15.3. The summed E-state index contributed by atoms with van der Waals surface area (Å²) < 4.78 is 0.